The van der Waals surface area contributed by atoms with Crippen molar-refractivity contribution in [3.8, 4) is 0 Å². The SMILES string of the molecule is CCCCCN(C(=O)C(C)NC(=O)OC(C)(C)C)C(C(=O)NCc1ccccc1)c1cccc(C)c1C. The van der Waals surface area contributed by atoms with Crippen LogP contribution in [-0.4, -0.2) is 41.0 Å². The van der Waals surface area contributed by atoms with Gasteiger partial charge in [-0.25, -0.2) is 4.79 Å². The van der Waals surface area contributed by atoms with E-state index < -0.39 is 23.8 Å². The van der Waals surface area contributed by atoms with Gasteiger partial charge in [-0.3, -0.25) is 9.59 Å². The van der Waals surface area contributed by atoms with Crippen LogP contribution in [0.15, 0.2) is 48.5 Å². The summed E-state index contributed by atoms with van der Waals surface area (Å²) in [6.45, 7) is 13.7. The number of rotatable bonds is 11. The lowest BCUT2D eigenvalue weighted by molar-refractivity contribution is -0.142. The minimum Gasteiger partial charge on any atom is -0.444 e. The summed E-state index contributed by atoms with van der Waals surface area (Å²) in [5.41, 5.74) is 3.06. The zero-order chi connectivity index (χ0) is 27.6. The summed E-state index contributed by atoms with van der Waals surface area (Å²) in [6, 6.07) is 13.8. The molecule has 0 aliphatic carbocycles. The van der Waals surface area contributed by atoms with Crippen LogP contribution in [0.3, 0.4) is 0 Å². The Morgan fingerprint density at radius 3 is 2.27 bits per heavy atom. The lowest BCUT2D eigenvalue weighted by Crippen LogP contribution is -2.52. The van der Waals surface area contributed by atoms with Gasteiger partial charge in [0.05, 0.1) is 0 Å². The number of aryl methyl sites for hydroxylation is 1. The molecule has 37 heavy (non-hydrogen) atoms. The first-order valence-corrected chi connectivity index (χ1v) is 13.1. The number of nitrogens with one attached hydrogen (secondary N) is 2. The van der Waals surface area contributed by atoms with Crippen LogP contribution in [0.4, 0.5) is 4.79 Å². The molecule has 2 atom stereocenters. The number of amides is 3. The Morgan fingerprint density at radius 2 is 1.65 bits per heavy atom. The van der Waals surface area contributed by atoms with Gasteiger partial charge in [0, 0.05) is 13.1 Å². The van der Waals surface area contributed by atoms with Crippen molar-refractivity contribution in [2.75, 3.05) is 6.54 Å². The lowest BCUT2D eigenvalue weighted by atomic mass is 9.94. The topological polar surface area (TPSA) is 87.7 Å². The number of hydrogen-bond acceptors (Lipinski definition) is 4. The number of nitrogens with zero attached hydrogens (tertiary/aromatic N) is 1. The van der Waals surface area contributed by atoms with Crippen LogP contribution < -0.4 is 10.6 Å². The molecule has 0 aromatic heterocycles. The number of carbonyl (C=O) groups excluding carboxylic acids is 3. The molecule has 2 aromatic carbocycles. The average Bonchev–Trinajstić information content (AvgIpc) is 2.83. The highest BCUT2D eigenvalue weighted by atomic mass is 16.6. The maximum Gasteiger partial charge on any atom is 0.408 e. The number of unbranched alkanes of at least 4 members (excludes halogenated alkanes) is 2. The largest absolute Gasteiger partial charge is 0.444 e. The second kappa shape index (κ2) is 13.8. The number of carbonyl (C=O) groups is 3. The van der Waals surface area contributed by atoms with Crippen molar-refractivity contribution >= 4 is 17.9 Å². The van der Waals surface area contributed by atoms with Gasteiger partial charge in [-0.15, -0.1) is 0 Å². The van der Waals surface area contributed by atoms with Crippen molar-refractivity contribution < 1.29 is 19.1 Å². The highest BCUT2D eigenvalue weighted by Gasteiger charge is 2.35. The fraction of sp³-hybridized carbons (Fsp3) is 0.500. The molecule has 0 saturated carbocycles. The Bertz CT molecular complexity index is 1050. The third-order valence-electron chi connectivity index (χ3n) is 6.20. The first kappa shape index (κ1) is 29.9. The summed E-state index contributed by atoms with van der Waals surface area (Å²) in [6.07, 6.45) is 1.97. The van der Waals surface area contributed by atoms with E-state index in [1.807, 2.05) is 62.4 Å². The van der Waals surface area contributed by atoms with Crippen molar-refractivity contribution in [2.45, 2.75) is 92.0 Å². The van der Waals surface area contributed by atoms with Gasteiger partial charge < -0.3 is 20.3 Å². The highest BCUT2D eigenvalue weighted by Crippen LogP contribution is 2.28. The predicted octanol–water partition coefficient (Wildman–Crippen LogP) is 5.59. The third kappa shape index (κ3) is 9.23. The molecule has 0 heterocycles. The van der Waals surface area contributed by atoms with E-state index in [1.165, 1.54) is 0 Å². The van der Waals surface area contributed by atoms with Gasteiger partial charge >= 0.3 is 6.09 Å². The fourth-order valence-electron chi connectivity index (χ4n) is 4.10. The first-order valence-electron chi connectivity index (χ1n) is 13.1. The van der Waals surface area contributed by atoms with E-state index in [4.69, 9.17) is 4.74 Å². The summed E-state index contributed by atoms with van der Waals surface area (Å²) in [4.78, 5) is 41.6. The monoisotopic (exact) mass is 509 g/mol. The van der Waals surface area contributed by atoms with Crippen LogP contribution >= 0.6 is 0 Å². The summed E-state index contributed by atoms with van der Waals surface area (Å²) in [7, 11) is 0. The Labute approximate surface area is 222 Å². The molecule has 0 saturated heterocycles. The van der Waals surface area contributed by atoms with E-state index in [0.717, 1.165) is 41.5 Å². The quantitative estimate of drug-likeness (QED) is 0.386. The van der Waals surface area contributed by atoms with E-state index in [2.05, 4.69) is 17.6 Å². The summed E-state index contributed by atoms with van der Waals surface area (Å²) in [5.74, 6) is -0.588. The molecule has 0 radical (unpaired) electrons. The maximum absolute atomic E-state index is 13.8. The Morgan fingerprint density at radius 1 is 0.973 bits per heavy atom. The average molecular weight is 510 g/mol. The van der Waals surface area contributed by atoms with Gasteiger partial charge in [-0.05, 0) is 70.2 Å². The van der Waals surface area contributed by atoms with E-state index in [0.29, 0.717) is 13.1 Å². The van der Waals surface area contributed by atoms with Gasteiger partial charge in [0.25, 0.3) is 0 Å². The Kier molecular flexibility index (Phi) is 11.2. The van der Waals surface area contributed by atoms with E-state index >= 15 is 0 Å². The second-order valence-electron chi connectivity index (χ2n) is 10.5. The zero-order valence-electron chi connectivity index (χ0n) is 23.4. The van der Waals surface area contributed by atoms with E-state index in [1.54, 1.807) is 32.6 Å². The molecule has 7 nitrogen and oxygen atoms in total. The van der Waals surface area contributed by atoms with Crippen molar-refractivity contribution in [1.29, 1.82) is 0 Å². The van der Waals surface area contributed by atoms with E-state index in [-0.39, 0.29) is 11.8 Å². The molecule has 2 aromatic rings. The van der Waals surface area contributed by atoms with Gasteiger partial charge in [0.15, 0.2) is 0 Å². The van der Waals surface area contributed by atoms with Gasteiger partial charge in [-0.1, -0.05) is 68.3 Å². The summed E-state index contributed by atoms with van der Waals surface area (Å²) >= 11 is 0. The molecule has 2 unspecified atom stereocenters. The minimum atomic E-state index is -0.869. The molecule has 7 heteroatoms. The normalized spacial score (nSPS) is 12.8. The van der Waals surface area contributed by atoms with Crippen LogP contribution in [0.5, 0.6) is 0 Å². The number of benzene rings is 2. The fourth-order valence-corrected chi connectivity index (χ4v) is 4.10. The van der Waals surface area contributed by atoms with Crippen LogP contribution in [0, 0.1) is 13.8 Å². The lowest BCUT2D eigenvalue weighted by Gasteiger charge is -2.34. The number of hydrogen-bond donors (Lipinski definition) is 2. The van der Waals surface area contributed by atoms with Crippen molar-refractivity contribution in [3.63, 3.8) is 0 Å². The summed E-state index contributed by atoms with van der Waals surface area (Å²) < 4.78 is 5.35. The van der Waals surface area contributed by atoms with Gasteiger partial charge in [-0.2, -0.15) is 0 Å². The highest BCUT2D eigenvalue weighted by molar-refractivity contribution is 5.92. The van der Waals surface area contributed by atoms with Crippen molar-refractivity contribution in [3.05, 3.63) is 70.8 Å². The Hall–Kier alpha value is -3.35. The van der Waals surface area contributed by atoms with Crippen molar-refractivity contribution in [1.82, 2.24) is 15.5 Å². The van der Waals surface area contributed by atoms with Crippen LogP contribution in [0.1, 0.15) is 82.2 Å². The van der Waals surface area contributed by atoms with Crippen LogP contribution in [0.2, 0.25) is 0 Å². The zero-order valence-corrected chi connectivity index (χ0v) is 23.4. The van der Waals surface area contributed by atoms with Crippen molar-refractivity contribution in [2.24, 2.45) is 0 Å². The molecule has 0 fully saturated rings. The molecule has 202 valence electrons. The number of alkyl carbamates (subject to hydrolysis) is 1. The van der Waals surface area contributed by atoms with E-state index in [9.17, 15) is 14.4 Å². The Balaban J connectivity index is 2.41. The molecule has 3 amide bonds. The second-order valence-corrected chi connectivity index (χ2v) is 10.5. The molecule has 0 aliphatic heterocycles. The standard InChI is InChI=1S/C30H43N3O4/c1-8-9-13-19-33(28(35)23(4)32-29(36)37-30(5,6)7)26(25-18-14-15-21(2)22(25)3)27(34)31-20-24-16-11-10-12-17-24/h10-12,14-18,23,26H,8-9,13,19-20H2,1-7H3,(H,31,34)(H,32,36). The summed E-state index contributed by atoms with van der Waals surface area (Å²) in [5, 5.41) is 5.69. The molecule has 0 spiro atoms. The van der Waals surface area contributed by atoms with Crippen LogP contribution in [0.25, 0.3) is 0 Å². The van der Waals surface area contributed by atoms with Gasteiger partial charge in [0.1, 0.15) is 17.7 Å². The predicted molar refractivity (Wildman–Crippen MR) is 147 cm³/mol. The molecule has 0 aliphatic rings. The molecule has 2 rings (SSSR count). The first-order chi connectivity index (χ1) is 17.4. The molecular weight excluding hydrogens is 466 g/mol. The molecule has 0 bridgehead atoms. The van der Waals surface area contributed by atoms with Gasteiger partial charge in [0.2, 0.25) is 11.8 Å². The molecule has 2 N–H and O–H groups in total. The molecular formula is C30H43N3O4. The maximum atomic E-state index is 13.8. The smallest absolute Gasteiger partial charge is 0.408 e. The third-order valence-corrected chi connectivity index (χ3v) is 6.20. The number of ether oxygens (including phenoxy) is 1. The van der Waals surface area contributed by atoms with Crippen LogP contribution in [-0.2, 0) is 20.9 Å². The minimum absolute atomic E-state index is 0.258.